The molecule has 4 nitrogen and oxygen atoms in total. The largest absolute Gasteiger partial charge is 0.343 e. The second-order valence-corrected chi connectivity index (χ2v) is 7.01. The maximum Gasteiger partial charge on any atom is 0.224 e. The van der Waals surface area contributed by atoms with Crippen molar-refractivity contribution in [2.45, 2.75) is 53.5 Å². The molecule has 0 radical (unpaired) electrons. The molecule has 1 aliphatic rings. The molecule has 0 spiro atoms. The van der Waals surface area contributed by atoms with Gasteiger partial charge in [-0.1, -0.05) is 20.8 Å². The highest BCUT2D eigenvalue weighted by Crippen LogP contribution is 2.34. The van der Waals surface area contributed by atoms with E-state index in [-0.39, 0.29) is 11.9 Å². The number of hydrogen-bond acceptors (Lipinski definition) is 3. The first-order valence-electron chi connectivity index (χ1n) is 8.05. The van der Waals surface area contributed by atoms with E-state index >= 15 is 0 Å². The Morgan fingerprint density at radius 2 is 1.95 bits per heavy atom. The number of hydrogen-bond donors (Lipinski definition) is 1. The number of carbonyl (C=O) groups excluding carboxylic acids is 1. The van der Waals surface area contributed by atoms with Gasteiger partial charge in [0.2, 0.25) is 5.91 Å². The van der Waals surface area contributed by atoms with Gasteiger partial charge < -0.3 is 10.6 Å². The maximum absolute atomic E-state index is 12.3. The predicted molar refractivity (Wildman–Crippen MR) is 84.5 cm³/mol. The van der Waals surface area contributed by atoms with Gasteiger partial charge in [-0.2, -0.15) is 0 Å². The Morgan fingerprint density at radius 3 is 2.35 bits per heavy atom. The highest BCUT2D eigenvalue weighted by molar-refractivity contribution is 5.76. The molecule has 1 aliphatic heterocycles. The lowest BCUT2D eigenvalue weighted by atomic mass is 9.80. The minimum Gasteiger partial charge on any atom is -0.343 e. The minimum atomic E-state index is 0.204. The first-order valence-corrected chi connectivity index (χ1v) is 8.05. The van der Waals surface area contributed by atoms with Crippen molar-refractivity contribution in [1.82, 2.24) is 9.80 Å². The molecule has 20 heavy (non-hydrogen) atoms. The molecule has 118 valence electrons. The Hall–Kier alpha value is -0.610. The smallest absolute Gasteiger partial charge is 0.224 e. The summed E-state index contributed by atoms with van der Waals surface area (Å²) in [5, 5.41) is 0. The van der Waals surface area contributed by atoms with Crippen LogP contribution < -0.4 is 5.73 Å². The SMILES string of the molecule is CCN(CC)C(=O)CC(CN)N1CCC(C(C)(C)C)C1. The Balaban J connectivity index is 2.58. The summed E-state index contributed by atoms with van der Waals surface area (Å²) in [6, 6.07) is 0.204. The summed E-state index contributed by atoms with van der Waals surface area (Å²) in [4.78, 5) is 16.6. The zero-order chi connectivity index (χ0) is 15.3. The second-order valence-electron chi connectivity index (χ2n) is 7.01. The van der Waals surface area contributed by atoms with Crippen LogP contribution in [0.15, 0.2) is 0 Å². The third-order valence-corrected chi connectivity index (χ3v) is 4.76. The van der Waals surface area contributed by atoms with Crippen LogP contribution in [0.3, 0.4) is 0 Å². The van der Waals surface area contributed by atoms with Gasteiger partial charge in [0.1, 0.15) is 0 Å². The quantitative estimate of drug-likeness (QED) is 0.810. The number of amides is 1. The van der Waals surface area contributed by atoms with Crippen LogP contribution in [0.4, 0.5) is 0 Å². The van der Waals surface area contributed by atoms with Crippen molar-refractivity contribution in [1.29, 1.82) is 0 Å². The van der Waals surface area contributed by atoms with Gasteiger partial charge in [0.25, 0.3) is 0 Å². The standard InChI is InChI=1S/C16H33N3O/c1-6-18(7-2)15(20)10-14(11-17)19-9-8-13(12-19)16(3,4)5/h13-14H,6-12,17H2,1-5H3. The number of rotatable bonds is 6. The fourth-order valence-corrected chi connectivity index (χ4v) is 3.09. The molecule has 0 bridgehead atoms. The van der Waals surface area contributed by atoms with Crippen molar-refractivity contribution < 1.29 is 4.79 Å². The summed E-state index contributed by atoms with van der Waals surface area (Å²) in [5.74, 6) is 0.949. The van der Waals surface area contributed by atoms with Gasteiger partial charge in [0, 0.05) is 38.6 Å². The van der Waals surface area contributed by atoms with Crippen LogP contribution in [0.1, 0.15) is 47.5 Å². The lowest BCUT2D eigenvalue weighted by Crippen LogP contribution is -2.44. The van der Waals surface area contributed by atoms with E-state index in [9.17, 15) is 4.79 Å². The topological polar surface area (TPSA) is 49.6 Å². The number of nitrogens with two attached hydrogens (primary N) is 1. The van der Waals surface area contributed by atoms with Gasteiger partial charge in [-0.15, -0.1) is 0 Å². The summed E-state index contributed by atoms with van der Waals surface area (Å²) in [6.45, 7) is 15.3. The van der Waals surface area contributed by atoms with Crippen molar-refractivity contribution in [2.75, 3.05) is 32.7 Å². The summed E-state index contributed by atoms with van der Waals surface area (Å²) in [5.41, 5.74) is 6.27. The van der Waals surface area contributed by atoms with Gasteiger partial charge in [-0.05, 0) is 38.1 Å². The zero-order valence-electron chi connectivity index (χ0n) is 14.0. The average molecular weight is 283 g/mol. The first-order chi connectivity index (χ1) is 9.33. The summed E-state index contributed by atoms with van der Waals surface area (Å²) in [7, 11) is 0. The van der Waals surface area contributed by atoms with E-state index in [4.69, 9.17) is 5.73 Å². The average Bonchev–Trinajstić information content (AvgIpc) is 2.86. The third-order valence-electron chi connectivity index (χ3n) is 4.76. The molecular formula is C16H33N3O. The van der Waals surface area contributed by atoms with Crippen LogP contribution in [0.5, 0.6) is 0 Å². The van der Waals surface area contributed by atoms with Crippen molar-refractivity contribution in [3.63, 3.8) is 0 Å². The Morgan fingerprint density at radius 1 is 1.35 bits per heavy atom. The van der Waals surface area contributed by atoms with E-state index < -0.39 is 0 Å². The molecule has 0 aromatic carbocycles. The molecule has 2 unspecified atom stereocenters. The van der Waals surface area contributed by atoms with Gasteiger partial charge in [-0.25, -0.2) is 0 Å². The molecular weight excluding hydrogens is 250 g/mol. The van der Waals surface area contributed by atoms with Gasteiger partial charge >= 0.3 is 0 Å². The second kappa shape index (κ2) is 7.41. The molecule has 4 heteroatoms. The fraction of sp³-hybridized carbons (Fsp3) is 0.938. The van der Waals surface area contributed by atoms with Crippen LogP contribution in [-0.2, 0) is 4.79 Å². The minimum absolute atomic E-state index is 0.204. The number of nitrogens with zero attached hydrogens (tertiary/aromatic N) is 2. The van der Waals surface area contributed by atoms with E-state index in [1.807, 2.05) is 18.7 Å². The summed E-state index contributed by atoms with van der Waals surface area (Å²) < 4.78 is 0. The summed E-state index contributed by atoms with van der Waals surface area (Å²) in [6.07, 6.45) is 1.79. The molecule has 1 fully saturated rings. The molecule has 2 N–H and O–H groups in total. The zero-order valence-corrected chi connectivity index (χ0v) is 14.0. The first kappa shape index (κ1) is 17.4. The normalized spacial score (nSPS) is 22.0. The third kappa shape index (κ3) is 4.45. The van der Waals surface area contributed by atoms with Crippen molar-refractivity contribution >= 4 is 5.91 Å². The highest BCUT2D eigenvalue weighted by Gasteiger charge is 2.35. The predicted octanol–water partition coefficient (Wildman–Crippen LogP) is 1.94. The van der Waals surface area contributed by atoms with Gasteiger partial charge in [0.15, 0.2) is 0 Å². The fourth-order valence-electron chi connectivity index (χ4n) is 3.09. The monoisotopic (exact) mass is 283 g/mol. The molecule has 0 aliphatic carbocycles. The van der Waals surface area contributed by atoms with E-state index in [1.165, 1.54) is 6.42 Å². The van der Waals surface area contributed by atoms with Crippen LogP contribution in [0, 0.1) is 11.3 Å². The van der Waals surface area contributed by atoms with Crippen LogP contribution >= 0.6 is 0 Å². The molecule has 0 aromatic heterocycles. The van der Waals surface area contributed by atoms with Crippen LogP contribution in [0.25, 0.3) is 0 Å². The Labute approximate surface area is 124 Å². The lowest BCUT2D eigenvalue weighted by molar-refractivity contribution is -0.132. The molecule has 1 heterocycles. The van der Waals surface area contributed by atoms with E-state index in [0.717, 1.165) is 26.2 Å². The van der Waals surface area contributed by atoms with Crippen LogP contribution in [0.2, 0.25) is 0 Å². The number of carbonyl (C=O) groups is 1. The molecule has 1 saturated heterocycles. The molecule has 2 atom stereocenters. The molecule has 1 amide bonds. The van der Waals surface area contributed by atoms with Gasteiger partial charge in [0.05, 0.1) is 0 Å². The van der Waals surface area contributed by atoms with Gasteiger partial charge in [-0.3, -0.25) is 9.69 Å². The Bertz CT molecular complexity index is 307. The Kier molecular flexibility index (Phi) is 6.46. The molecule has 0 saturated carbocycles. The van der Waals surface area contributed by atoms with Crippen molar-refractivity contribution in [3.05, 3.63) is 0 Å². The number of likely N-dealkylation sites (tertiary alicyclic amines) is 1. The summed E-state index contributed by atoms with van der Waals surface area (Å²) >= 11 is 0. The van der Waals surface area contributed by atoms with E-state index in [1.54, 1.807) is 0 Å². The maximum atomic E-state index is 12.3. The lowest BCUT2D eigenvalue weighted by Gasteiger charge is -2.31. The van der Waals surface area contributed by atoms with Crippen molar-refractivity contribution in [2.24, 2.45) is 17.1 Å². The molecule has 0 aromatic rings. The van der Waals surface area contributed by atoms with Crippen molar-refractivity contribution in [3.8, 4) is 0 Å². The van der Waals surface area contributed by atoms with E-state index in [2.05, 4.69) is 25.7 Å². The molecule has 1 rings (SSSR count). The van der Waals surface area contributed by atoms with Crippen LogP contribution in [-0.4, -0.2) is 54.5 Å². The van der Waals surface area contributed by atoms with E-state index in [0.29, 0.717) is 24.3 Å². The highest BCUT2D eigenvalue weighted by atomic mass is 16.2.